The first-order valence-electron chi connectivity index (χ1n) is 7.67. The number of rotatable bonds is 2. The van der Waals surface area contributed by atoms with E-state index in [1.807, 2.05) is 11.3 Å². The Morgan fingerprint density at radius 1 is 1.00 bits per heavy atom. The fourth-order valence-corrected chi connectivity index (χ4v) is 4.20. The summed E-state index contributed by atoms with van der Waals surface area (Å²) in [5.74, 6) is 0. The Bertz CT molecular complexity index is 782. The normalized spacial score (nSPS) is 13.9. The lowest BCUT2D eigenvalue weighted by molar-refractivity contribution is 0.639. The monoisotopic (exact) mass is 306 g/mol. The molecule has 0 aliphatic carbocycles. The standard InChI is InChI=1S/C19H18N2S/c1-13-15(14-6-3-2-4-7-14)8-5-9-16(13)19-21-17-12-20-11-10-18(17)22-19/h2-9,20H,10-12H2,1H3. The van der Waals surface area contributed by atoms with Crippen LogP contribution in [-0.4, -0.2) is 11.5 Å². The van der Waals surface area contributed by atoms with E-state index >= 15 is 0 Å². The molecule has 0 spiro atoms. The van der Waals surface area contributed by atoms with Gasteiger partial charge >= 0.3 is 0 Å². The maximum Gasteiger partial charge on any atom is 0.124 e. The van der Waals surface area contributed by atoms with Crippen LogP contribution in [0.2, 0.25) is 0 Å². The van der Waals surface area contributed by atoms with Crippen molar-refractivity contribution in [3.63, 3.8) is 0 Å². The summed E-state index contributed by atoms with van der Waals surface area (Å²) >= 11 is 1.86. The van der Waals surface area contributed by atoms with Crippen LogP contribution in [0.25, 0.3) is 21.7 Å². The fraction of sp³-hybridized carbons (Fsp3) is 0.211. The topological polar surface area (TPSA) is 24.9 Å². The molecule has 0 saturated heterocycles. The van der Waals surface area contributed by atoms with Gasteiger partial charge in [-0.15, -0.1) is 11.3 Å². The molecule has 1 aliphatic heterocycles. The van der Waals surface area contributed by atoms with E-state index in [1.165, 1.54) is 32.8 Å². The molecule has 2 nitrogen and oxygen atoms in total. The first-order chi connectivity index (χ1) is 10.8. The molecule has 3 heteroatoms. The summed E-state index contributed by atoms with van der Waals surface area (Å²) < 4.78 is 0. The Morgan fingerprint density at radius 2 is 1.82 bits per heavy atom. The molecule has 2 aromatic carbocycles. The number of fused-ring (bicyclic) bond motifs is 1. The molecular formula is C19H18N2S. The van der Waals surface area contributed by atoms with E-state index < -0.39 is 0 Å². The van der Waals surface area contributed by atoms with Gasteiger partial charge in [-0.3, -0.25) is 0 Å². The molecule has 0 fully saturated rings. The highest BCUT2D eigenvalue weighted by atomic mass is 32.1. The molecule has 0 bridgehead atoms. The second-order valence-corrected chi connectivity index (χ2v) is 6.74. The van der Waals surface area contributed by atoms with Crippen molar-refractivity contribution in [2.24, 2.45) is 0 Å². The molecule has 0 atom stereocenters. The van der Waals surface area contributed by atoms with Crippen LogP contribution in [0.3, 0.4) is 0 Å². The lowest BCUT2D eigenvalue weighted by Crippen LogP contribution is -2.22. The fourth-order valence-electron chi connectivity index (χ4n) is 3.04. The van der Waals surface area contributed by atoms with E-state index in [0.717, 1.165) is 24.5 Å². The van der Waals surface area contributed by atoms with E-state index in [9.17, 15) is 0 Å². The molecular weight excluding hydrogens is 288 g/mol. The van der Waals surface area contributed by atoms with Crippen molar-refractivity contribution in [3.8, 4) is 21.7 Å². The van der Waals surface area contributed by atoms with E-state index in [2.05, 4.69) is 60.8 Å². The SMILES string of the molecule is Cc1c(-c2ccccc2)cccc1-c1nc2c(s1)CCNC2. The second kappa shape index (κ2) is 5.67. The van der Waals surface area contributed by atoms with Gasteiger partial charge in [-0.05, 0) is 30.0 Å². The van der Waals surface area contributed by atoms with Gasteiger partial charge in [-0.1, -0.05) is 48.5 Å². The van der Waals surface area contributed by atoms with Crippen LogP contribution < -0.4 is 5.32 Å². The minimum atomic E-state index is 0.906. The van der Waals surface area contributed by atoms with E-state index in [1.54, 1.807) is 0 Å². The Hall–Kier alpha value is -1.97. The molecule has 2 heterocycles. The third kappa shape index (κ3) is 2.36. The first-order valence-corrected chi connectivity index (χ1v) is 8.49. The van der Waals surface area contributed by atoms with Crippen LogP contribution in [0, 0.1) is 6.92 Å². The summed E-state index contributed by atoms with van der Waals surface area (Å²) in [6.07, 6.45) is 1.10. The van der Waals surface area contributed by atoms with Gasteiger partial charge in [-0.25, -0.2) is 4.98 Å². The van der Waals surface area contributed by atoms with Gasteiger partial charge in [0.25, 0.3) is 0 Å². The minimum Gasteiger partial charge on any atom is -0.311 e. The summed E-state index contributed by atoms with van der Waals surface area (Å²) in [5, 5.41) is 4.56. The van der Waals surface area contributed by atoms with Gasteiger partial charge in [0.2, 0.25) is 0 Å². The smallest absolute Gasteiger partial charge is 0.124 e. The average molecular weight is 306 g/mol. The van der Waals surface area contributed by atoms with Crippen molar-refractivity contribution in [2.45, 2.75) is 19.9 Å². The highest BCUT2D eigenvalue weighted by Crippen LogP contribution is 2.35. The minimum absolute atomic E-state index is 0.906. The predicted octanol–water partition coefficient (Wildman–Crippen LogP) is 4.43. The van der Waals surface area contributed by atoms with Crippen molar-refractivity contribution in [2.75, 3.05) is 6.54 Å². The van der Waals surface area contributed by atoms with Crippen molar-refractivity contribution >= 4 is 11.3 Å². The first kappa shape index (κ1) is 13.7. The van der Waals surface area contributed by atoms with Crippen LogP contribution in [0.15, 0.2) is 48.5 Å². The summed E-state index contributed by atoms with van der Waals surface area (Å²) in [5.41, 5.74) is 6.37. The molecule has 0 radical (unpaired) electrons. The summed E-state index contributed by atoms with van der Waals surface area (Å²) in [7, 11) is 0. The Morgan fingerprint density at radius 3 is 2.64 bits per heavy atom. The molecule has 0 amide bonds. The molecule has 0 saturated carbocycles. The van der Waals surface area contributed by atoms with Gasteiger partial charge in [0.15, 0.2) is 0 Å². The maximum absolute atomic E-state index is 4.87. The van der Waals surface area contributed by atoms with Crippen molar-refractivity contribution in [1.82, 2.24) is 10.3 Å². The Labute approximate surface area is 134 Å². The summed E-state index contributed by atoms with van der Waals surface area (Å²) in [4.78, 5) is 6.32. The average Bonchev–Trinajstić information content (AvgIpc) is 2.99. The van der Waals surface area contributed by atoms with Crippen LogP contribution in [-0.2, 0) is 13.0 Å². The van der Waals surface area contributed by atoms with E-state index in [-0.39, 0.29) is 0 Å². The van der Waals surface area contributed by atoms with Crippen molar-refractivity contribution in [1.29, 1.82) is 0 Å². The van der Waals surface area contributed by atoms with Gasteiger partial charge in [0, 0.05) is 23.5 Å². The summed E-state index contributed by atoms with van der Waals surface area (Å²) in [6, 6.07) is 17.1. The third-order valence-electron chi connectivity index (χ3n) is 4.25. The molecule has 4 rings (SSSR count). The van der Waals surface area contributed by atoms with Crippen molar-refractivity contribution in [3.05, 3.63) is 64.7 Å². The number of thiazole rings is 1. The number of aromatic nitrogens is 1. The van der Waals surface area contributed by atoms with Crippen LogP contribution in [0.1, 0.15) is 16.1 Å². The quantitative estimate of drug-likeness (QED) is 0.757. The van der Waals surface area contributed by atoms with Gasteiger partial charge in [0.1, 0.15) is 5.01 Å². The molecule has 22 heavy (non-hydrogen) atoms. The van der Waals surface area contributed by atoms with E-state index in [4.69, 9.17) is 4.98 Å². The maximum atomic E-state index is 4.87. The molecule has 1 aliphatic rings. The zero-order valence-corrected chi connectivity index (χ0v) is 13.4. The van der Waals surface area contributed by atoms with Gasteiger partial charge in [-0.2, -0.15) is 0 Å². The van der Waals surface area contributed by atoms with Crippen molar-refractivity contribution < 1.29 is 0 Å². The van der Waals surface area contributed by atoms with Crippen LogP contribution in [0.4, 0.5) is 0 Å². The largest absolute Gasteiger partial charge is 0.311 e. The lowest BCUT2D eigenvalue weighted by Gasteiger charge is -2.10. The number of nitrogens with zero attached hydrogens (tertiary/aromatic N) is 1. The zero-order valence-electron chi connectivity index (χ0n) is 12.6. The summed E-state index contributed by atoms with van der Waals surface area (Å²) in [6.45, 7) is 4.18. The van der Waals surface area contributed by atoms with E-state index in [0.29, 0.717) is 0 Å². The predicted molar refractivity (Wildman–Crippen MR) is 93.1 cm³/mol. The van der Waals surface area contributed by atoms with Crippen LogP contribution in [0.5, 0.6) is 0 Å². The molecule has 110 valence electrons. The van der Waals surface area contributed by atoms with Gasteiger partial charge in [0.05, 0.1) is 5.69 Å². The van der Waals surface area contributed by atoms with Crippen LogP contribution >= 0.6 is 11.3 Å². The number of nitrogens with one attached hydrogen (secondary N) is 1. The molecule has 1 N–H and O–H groups in total. The Kier molecular flexibility index (Phi) is 3.53. The number of benzene rings is 2. The highest BCUT2D eigenvalue weighted by Gasteiger charge is 2.17. The highest BCUT2D eigenvalue weighted by molar-refractivity contribution is 7.15. The third-order valence-corrected chi connectivity index (χ3v) is 5.44. The molecule has 0 unspecified atom stereocenters. The molecule has 3 aromatic rings. The zero-order chi connectivity index (χ0) is 14.9. The Balaban J connectivity index is 1.81. The molecule has 1 aromatic heterocycles. The van der Waals surface area contributed by atoms with Gasteiger partial charge < -0.3 is 5.32 Å². The second-order valence-electron chi connectivity index (χ2n) is 5.66. The number of hydrogen-bond acceptors (Lipinski definition) is 3. The number of hydrogen-bond donors (Lipinski definition) is 1. The lowest BCUT2D eigenvalue weighted by atomic mass is 9.97.